The number of amides is 1. The molecule has 4 nitrogen and oxygen atoms in total. The molecule has 2 rings (SSSR count). The third kappa shape index (κ3) is 3.93. The van der Waals surface area contributed by atoms with Gasteiger partial charge in [0.15, 0.2) is 0 Å². The number of methoxy groups -OCH3 is 1. The summed E-state index contributed by atoms with van der Waals surface area (Å²) in [6.45, 7) is 6.26. The lowest BCUT2D eigenvalue weighted by molar-refractivity contribution is -0.132. The van der Waals surface area contributed by atoms with Crippen LogP contribution in [0.3, 0.4) is 0 Å². The molecule has 4 heteroatoms. The van der Waals surface area contributed by atoms with Gasteiger partial charge in [-0.25, -0.2) is 0 Å². The van der Waals surface area contributed by atoms with Crippen LogP contribution in [0.15, 0.2) is 0 Å². The molecule has 19 heavy (non-hydrogen) atoms. The second-order valence-corrected chi connectivity index (χ2v) is 5.86. The van der Waals surface area contributed by atoms with Gasteiger partial charge in [0.05, 0.1) is 6.10 Å². The molecule has 2 heterocycles. The molecule has 0 bridgehead atoms. The predicted molar refractivity (Wildman–Crippen MR) is 76.1 cm³/mol. The molecule has 2 aliphatic rings. The van der Waals surface area contributed by atoms with E-state index in [9.17, 15) is 4.79 Å². The van der Waals surface area contributed by atoms with Crippen molar-refractivity contribution in [2.24, 2.45) is 0 Å². The Labute approximate surface area is 117 Å². The number of carbonyl (C=O) groups excluding carboxylic acids is 1. The Morgan fingerprint density at radius 3 is 2.53 bits per heavy atom. The number of hydrogen-bond donors (Lipinski definition) is 0. The summed E-state index contributed by atoms with van der Waals surface area (Å²) >= 11 is 0. The van der Waals surface area contributed by atoms with Crippen LogP contribution in [0.4, 0.5) is 0 Å². The number of ether oxygens (including phenoxy) is 1. The second-order valence-electron chi connectivity index (χ2n) is 5.86. The quantitative estimate of drug-likeness (QED) is 0.763. The maximum absolute atomic E-state index is 12.0. The van der Waals surface area contributed by atoms with Crippen molar-refractivity contribution < 1.29 is 9.53 Å². The number of unbranched alkanes of at least 4 members (excludes halogenated alkanes) is 1. The molecule has 0 radical (unpaired) electrons. The Balaban J connectivity index is 1.72. The van der Waals surface area contributed by atoms with Crippen molar-refractivity contribution in [2.45, 2.75) is 57.6 Å². The predicted octanol–water partition coefficient (Wildman–Crippen LogP) is 1.89. The number of carbonyl (C=O) groups is 1. The van der Waals surface area contributed by atoms with Gasteiger partial charge in [-0.05, 0) is 25.7 Å². The van der Waals surface area contributed by atoms with E-state index in [1.54, 1.807) is 0 Å². The van der Waals surface area contributed by atoms with Crippen molar-refractivity contribution in [2.75, 3.05) is 33.3 Å². The SMILES string of the molecule is CCCCC(=O)N1CCC(N2CCC(OC)C2)CC1. The monoisotopic (exact) mass is 268 g/mol. The van der Waals surface area contributed by atoms with Crippen LogP contribution in [0.5, 0.6) is 0 Å². The number of nitrogens with zero attached hydrogens (tertiary/aromatic N) is 2. The molecular formula is C15H28N2O2. The van der Waals surface area contributed by atoms with Gasteiger partial charge in [0, 0.05) is 45.8 Å². The standard InChI is InChI=1S/C15H28N2O2/c1-3-4-5-15(18)16-9-6-13(7-10-16)17-11-8-14(12-17)19-2/h13-14H,3-12H2,1-2H3. The zero-order valence-electron chi connectivity index (χ0n) is 12.4. The maximum Gasteiger partial charge on any atom is 0.222 e. The molecular weight excluding hydrogens is 240 g/mol. The first-order valence-corrected chi connectivity index (χ1v) is 7.79. The first-order chi connectivity index (χ1) is 9.24. The van der Waals surface area contributed by atoms with Crippen molar-refractivity contribution >= 4 is 5.91 Å². The van der Waals surface area contributed by atoms with Crippen molar-refractivity contribution in [3.05, 3.63) is 0 Å². The average Bonchev–Trinajstić information content (AvgIpc) is 2.94. The summed E-state index contributed by atoms with van der Waals surface area (Å²) in [6, 6.07) is 0.662. The zero-order valence-corrected chi connectivity index (χ0v) is 12.4. The molecule has 0 aromatic heterocycles. The maximum atomic E-state index is 12.0. The number of likely N-dealkylation sites (tertiary alicyclic amines) is 2. The Hall–Kier alpha value is -0.610. The highest BCUT2D eigenvalue weighted by Crippen LogP contribution is 2.22. The average molecular weight is 268 g/mol. The van der Waals surface area contributed by atoms with Gasteiger partial charge in [0.2, 0.25) is 5.91 Å². The van der Waals surface area contributed by atoms with Crippen LogP contribution in [0.2, 0.25) is 0 Å². The molecule has 0 spiro atoms. The summed E-state index contributed by atoms with van der Waals surface area (Å²) in [5.41, 5.74) is 0. The lowest BCUT2D eigenvalue weighted by Gasteiger charge is -2.36. The van der Waals surface area contributed by atoms with Gasteiger partial charge in [0.1, 0.15) is 0 Å². The van der Waals surface area contributed by atoms with Gasteiger partial charge in [-0.2, -0.15) is 0 Å². The van der Waals surface area contributed by atoms with Crippen molar-refractivity contribution in [3.8, 4) is 0 Å². The summed E-state index contributed by atoms with van der Waals surface area (Å²) in [6.07, 6.45) is 6.71. The van der Waals surface area contributed by atoms with Crippen LogP contribution in [0.1, 0.15) is 45.4 Å². The van der Waals surface area contributed by atoms with Crippen molar-refractivity contribution in [3.63, 3.8) is 0 Å². The number of piperidine rings is 1. The van der Waals surface area contributed by atoms with Crippen LogP contribution in [0, 0.1) is 0 Å². The second kappa shape index (κ2) is 7.25. The van der Waals surface area contributed by atoms with Gasteiger partial charge >= 0.3 is 0 Å². The topological polar surface area (TPSA) is 32.8 Å². The number of hydrogen-bond acceptors (Lipinski definition) is 3. The van der Waals surface area contributed by atoms with Crippen LogP contribution in [0.25, 0.3) is 0 Å². The van der Waals surface area contributed by atoms with Gasteiger partial charge < -0.3 is 9.64 Å². The Bertz CT molecular complexity index is 288. The molecule has 2 fully saturated rings. The molecule has 110 valence electrons. The third-order valence-corrected chi connectivity index (χ3v) is 4.59. The third-order valence-electron chi connectivity index (χ3n) is 4.59. The van der Waals surface area contributed by atoms with E-state index in [-0.39, 0.29) is 0 Å². The smallest absolute Gasteiger partial charge is 0.222 e. The van der Waals surface area contributed by atoms with Gasteiger partial charge in [-0.3, -0.25) is 9.69 Å². The van der Waals surface area contributed by atoms with Gasteiger partial charge in [-0.15, -0.1) is 0 Å². The van der Waals surface area contributed by atoms with Crippen LogP contribution in [-0.4, -0.2) is 61.1 Å². The van der Waals surface area contributed by atoms with Crippen LogP contribution in [-0.2, 0) is 9.53 Å². The molecule has 0 saturated carbocycles. The molecule has 1 atom stereocenters. The lowest BCUT2D eigenvalue weighted by Crippen LogP contribution is -2.46. The fourth-order valence-electron chi connectivity index (χ4n) is 3.24. The number of rotatable bonds is 5. The lowest BCUT2D eigenvalue weighted by atomic mass is 10.0. The van der Waals surface area contributed by atoms with E-state index in [1.807, 2.05) is 7.11 Å². The Morgan fingerprint density at radius 1 is 1.21 bits per heavy atom. The van der Waals surface area contributed by atoms with Crippen LogP contribution >= 0.6 is 0 Å². The molecule has 0 N–H and O–H groups in total. The first-order valence-electron chi connectivity index (χ1n) is 7.79. The minimum Gasteiger partial charge on any atom is -0.380 e. The first kappa shape index (κ1) is 14.8. The summed E-state index contributed by atoms with van der Waals surface area (Å²) in [4.78, 5) is 16.6. The van der Waals surface area contributed by atoms with E-state index in [0.717, 1.165) is 64.7 Å². The van der Waals surface area contributed by atoms with E-state index in [2.05, 4.69) is 16.7 Å². The molecule has 0 aliphatic carbocycles. The highest BCUT2D eigenvalue weighted by Gasteiger charge is 2.31. The molecule has 2 saturated heterocycles. The molecule has 0 aromatic rings. The Morgan fingerprint density at radius 2 is 1.95 bits per heavy atom. The normalized spacial score (nSPS) is 26.0. The summed E-state index contributed by atoms with van der Waals surface area (Å²) < 4.78 is 5.43. The fourth-order valence-corrected chi connectivity index (χ4v) is 3.24. The van der Waals surface area contributed by atoms with Gasteiger partial charge in [0.25, 0.3) is 0 Å². The Kier molecular flexibility index (Phi) is 5.64. The minimum atomic E-state index is 0.358. The van der Waals surface area contributed by atoms with E-state index >= 15 is 0 Å². The summed E-state index contributed by atoms with van der Waals surface area (Å²) in [7, 11) is 1.81. The zero-order chi connectivity index (χ0) is 13.7. The molecule has 0 aromatic carbocycles. The van der Waals surface area contributed by atoms with Gasteiger partial charge in [-0.1, -0.05) is 13.3 Å². The molecule has 1 unspecified atom stereocenters. The molecule has 1 amide bonds. The highest BCUT2D eigenvalue weighted by atomic mass is 16.5. The summed E-state index contributed by atoms with van der Waals surface area (Å²) in [5, 5.41) is 0. The van der Waals surface area contributed by atoms with Crippen molar-refractivity contribution in [1.82, 2.24) is 9.80 Å². The highest BCUT2D eigenvalue weighted by molar-refractivity contribution is 5.76. The fraction of sp³-hybridized carbons (Fsp3) is 0.933. The van der Waals surface area contributed by atoms with Crippen LogP contribution < -0.4 is 0 Å². The molecule has 2 aliphatic heterocycles. The van der Waals surface area contributed by atoms with Crippen molar-refractivity contribution in [1.29, 1.82) is 0 Å². The van der Waals surface area contributed by atoms with E-state index in [4.69, 9.17) is 4.74 Å². The van der Waals surface area contributed by atoms with E-state index in [0.29, 0.717) is 18.1 Å². The minimum absolute atomic E-state index is 0.358. The van der Waals surface area contributed by atoms with E-state index in [1.165, 1.54) is 0 Å². The summed E-state index contributed by atoms with van der Waals surface area (Å²) in [5.74, 6) is 0.358. The largest absolute Gasteiger partial charge is 0.380 e. The van der Waals surface area contributed by atoms with E-state index < -0.39 is 0 Å².